The van der Waals surface area contributed by atoms with Crippen LogP contribution in [0.4, 0.5) is 0 Å². The molecule has 2 saturated carbocycles. The van der Waals surface area contributed by atoms with Gasteiger partial charge in [-0.2, -0.15) is 0 Å². The summed E-state index contributed by atoms with van der Waals surface area (Å²) in [6.45, 7) is 7.88. The molecule has 0 aromatic heterocycles. The lowest BCUT2D eigenvalue weighted by atomic mass is 9.70. The lowest BCUT2D eigenvalue weighted by Gasteiger charge is -2.36. The SMILES string of the molecule is CC(=O)O[C@@H]1[C@@H]2CC[C@](C)([C@H]1O)C2(C)C. The Morgan fingerprint density at radius 2 is 2.00 bits per heavy atom. The molecule has 2 rings (SSSR count). The molecule has 0 saturated heterocycles. The van der Waals surface area contributed by atoms with Crippen LogP contribution in [0.5, 0.6) is 0 Å². The first-order chi connectivity index (χ1) is 6.80. The molecule has 15 heavy (non-hydrogen) atoms. The van der Waals surface area contributed by atoms with Crippen molar-refractivity contribution in [3.63, 3.8) is 0 Å². The molecule has 0 unspecified atom stereocenters. The minimum absolute atomic E-state index is 0.0620. The molecule has 2 aliphatic carbocycles. The number of ether oxygens (including phenoxy) is 1. The number of hydrogen-bond acceptors (Lipinski definition) is 3. The number of carbonyl (C=O) groups excluding carboxylic acids is 1. The highest BCUT2D eigenvalue weighted by atomic mass is 16.6. The Balaban J connectivity index is 2.29. The second-order valence-electron chi connectivity index (χ2n) is 5.80. The normalized spacial score (nSPS) is 46.9. The van der Waals surface area contributed by atoms with Crippen LogP contribution in [0.3, 0.4) is 0 Å². The van der Waals surface area contributed by atoms with Crippen LogP contribution < -0.4 is 0 Å². The molecule has 2 aliphatic rings. The van der Waals surface area contributed by atoms with Gasteiger partial charge in [-0.25, -0.2) is 0 Å². The molecule has 0 aromatic rings. The molecule has 0 aromatic carbocycles. The molecule has 3 heteroatoms. The number of rotatable bonds is 1. The maximum absolute atomic E-state index is 11.0. The summed E-state index contributed by atoms with van der Waals surface area (Å²) >= 11 is 0. The van der Waals surface area contributed by atoms with Crippen LogP contribution in [0.2, 0.25) is 0 Å². The van der Waals surface area contributed by atoms with Crippen molar-refractivity contribution < 1.29 is 14.6 Å². The van der Waals surface area contributed by atoms with Gasteiger partial charge in [-0.3, -0.25) is 4.79 Å². The van der Waals surface area contributed by atoms with Crippen molar-refractivity contribution in [2.75, 3.05) is 0 Å². The van der Waals surface area contributed by atoms with Crippen LogP contribution in [0, 0.1) is 16.7 Å². The predicted octanol–water partition coefficient (Wildman–Crippen LogP) is 1.74. The third-order valence-electron chi connectivity index (χ3n) is 5.04. The van der Waals surface area contributed by atoms with Gasteiger partial charge in [0, 0.05) is 18.3 Å². The Hall–Kier alpha value is -0.570. The summed E-state index contributed by atoms with van der Waals surface area (Å²) in [4.78, 5) is 11.0. The minimum Gasteiger partial charge on any atom is -0.459 e. The Kier molecular flexibility index (Phi) is 2.16. The summed E-state index contributed by atoms with van der Waals surface area (Å²) in [6, 6.07) is 0. The van der Waals surface area contributed by atoms with E-state index >= 15 is 0 Å². The van der Waals surface area contributed by atoms with Gasteiger partial charge in [0.15, 0.2) is 0 Å². The maximum Gasteiger partial charge on any atom is 0.303 e. The molecule has 0 aliphatic heterocycles. The van der Waals surface area contributed by atoms with E-state index in [9.17, 15) is 9.90 Å². The molecule has 2 bridgehead atoms. The third kappa shape index (κ3) is 1.19. The zero-order valence-corrected chi connectivity index (χ0v) is 9.91. The number of carbonyl (C=O) groups is 1. The lowest BCUT2D eigenvalue weighted by molar-refractivity contribution is -0.158. The van der Waals surface area contributed by atoms with Gasteiger partial charge in [0.25, 0.3) is 0 Å². The molecule has 3 nitrogen and oxygen atoms in total. The van der Waals surface area contributed by atoms with Crippen LogP contribution >= 0.6 is 0 Å². The van der Waals surface area contributed by atoms with E-state index in [-0.39, 0.29) is 22.9 Å². The largest absolute Gasteiger partial charge is 0.459 e. The standard InChI is InChI=1S/C12H20O3/c1-7(13)15-9-8-5-6-12(4,10(9)14)11(8,2)3/h8-10,14H,5-6H2,1-4H3/t8-,9+,10-,12+/m0/s1. The molecule has 0 heterocycles. The first-order valence-electron chi connectivity index (χ1n) is 5.66. The monoisotopic (exact) mass is 212 g/mol. The van der Waals surface area contributed by atoms with Crippen molar-refractivity contribution in [3.8, 4) is 0 Å². The fraction of sp³-hybridized carbons (Fsp3) is 0.917. The molecular formula is C12H20O3. The summed E-state index contributed by atoms with van der Waals surface area (Å²) in [5, 5.41) is 10.2. The van der Waals surface area contributed by atoms with Crippen LogP contribution in [-0.4, -0.2) is 23.3 Å². The van der Waals surface area contributed by atoms with Gasteiger partial charge in [-0.15, -0.1) is 0 Å². The quantitative estimate of drug-likeness (QED) is 0.673. The zero-order chi connectivity index (χ0) is 11.4. The molecule has 0 spiro atoms. The summed E-state index contributed by atoms with van der Waals surface area (Å²) in [5.74, 6) is 0.0207. The van der Waals surface area contributed by atoms with E-state index in [2.05, 4.69) is 20.8 Å². The zero-order valence-electron chi connectivity index (χ0n) is 9.91. The number of hydrogen-bond donors (Lipinski definition) is 1. The predicted molar refractivity (Wildman–Crippen MR) is 56.2 cm³/mol. The second kappa shape index (κ2) is 2.97. The second-order valence-corrected chi connectivity index (χ2v) is 5.80. The first kappa shape index (κ1) is 10.9. The summed E-state index contributed by atoms with van der Waals surface area (Å²) in [6.07, 6.45) is 1.29. The van der Waals surface area contributed by atoms with E-state index in [0.29, 0.717) is 5.92 Å². The molecule has 4 atom stereocenters. The third-order valence-corrected chi connectivity index (χ3v) is 5.04. The fourth-order valence-electron chi connectivity index (χ4n) is 3.59. The topological polar surface area (TPSA) is 46.5 Å². The molecule has 2 fully saturated rings. The average Bonchev–Trinajstić information content (AvgIpc) is 2.40. The van der Waals surface area contributed by atoms with E-state index in [1.54, 1.807) is 0 Å². The Labute approximate surface area is 90.8 Å². The van der Waals surface area contributed by atoms with E-state index in [1.165, 1.54) is 6.92 Å². The highest BCUT2D eigenvalue weighted by Gasteiger charge is 2.67. The van der Waals surface area contributed by atoms with Gasteiger partial charge < -0.3 is 9.84 Å². The first-order valence-corrected chi connectivity index (χ1v) is 5.66. The van der Waals surface area contributed by atoms with Crippen molar-refractivity contribution in [3.05, 3.63) is 0 Å². The number of fused-ring (bicyclic) bond motifs is 2. The number of aliphatic hydroxyl groups excluding tert-OH is 1. The maximum atomic E-state index is 11.0. The van der Waals surface area contributed by atoms with Crippen molar-refractivity contribution in [2.45, 2.75) is 52.7 Å². The molecule has 0 amide bonds. The Morgan fingerprint density at radius 3 is 2.40 bits per heavy atom. The van der Waals surface area contributed by atoms with Gasteiger partial charge in [-0.1, -0.05) is 20.8 Å². The van der Waals surface area contributed by atoms with E-state index in [4.69, 9.17) is 4.74 Å². The van der Waals surface area contributed by atoms with Crippen LogP contribution in [-0.2, 0) is 9.53 Å². The van der Waals surface area contributed by atoms with E-state index < -0.39 is 6.10 Å². The average molecular weight is 212 g/mol. The van der Waals surface area contributed by atoms with Gasteiger partial charge in [-0.05, 0) is 18.3 Å². The summed E-state index contributed by atoms with van der Waals surface area (Å²) in [5.41, 5.74) is -0.0374. The van der Waals surface area contributed by atoms with Gasteiger partial charge in [0.2, 0.25) is 0 Å². The summed E-state index contributed by atoms with van der Waals surface area (Å²) < 4.78 is 5.27. The molecule has 86 valence electrons. The Morgan fingerprint density at radius 1 is 1.40 bits per heavy atom. The van der Waals surface area contributed by atoms with E-state index in [1.807, 2.05) is 0 Å². The highest BCUT2D eigenvalue weighted by Crippen LogP contribution is 2.66. The summed E-state index contributed by atoms with van der Waals surface area (Å²) in [7, 11) is 0. The lowest BCUT2D eigenvalue weighted by Crippen LogP contribution is -2.41. The minimum atomic E-state index is -0.504. The van der Waals surface area contributed by atoms with Crippen LogP contribution in [0.25, 0.3) is 0 Å². The van der Waals surface area contributed by atoms with Crippen molar-refractivity contribution in [1.82, 2.24) is 0 Å². The van der Waals surface area contributed by atoms with Crippen LogP contribution in [0.15, 0.2) is 0 Å². The Bertz CT molecular complexity index is 297. The smallest absolute Gasteiger partial charge is 0.303 e. The molecule has 1 N–H and O–H groups in total. The van der Waals surface area contributed by atoms with Gasteiger partial charge >= 0.3 is 5.97 Å². The van der Waals surface area contributed by atoms with Crippen molar-refractivity contribution in [2.24, 2.45) is 16.7 Å². The number of aliphatic hydroxyl groups is 1. The van der Waals surface area contributed by atoms with Crippen LogP contribution in [0.1, 0.15) is 40.5 Å². The highest BCUT2D eigenvalue weighted by molar-refractivity contribution is 5.66. The van der Waals surface area contributed by atoms with Crippen molar-refractivity contribution >= 4 is 5.97 Å². The van der Waals surface area contributed by atoms with Crippen molar-refractivity contribution in [1.29, 1.82) is 0 Å². The van der Waals surface area contributed by atoms with E-state index in [0.717, 1.165) is 12.8 Å². The van der Waals surface area contributed by atoms with Gasteiger partial charge in [0.1, 0.15) is 6.10 Å². The fourth-order valence-corrected chi connectivity index (χ4v) is 3.59. The molecular weight excluding hydrogens is 192 g/mol. The van der Waals surface area contributed by atoms with Gasteiger partial charge in [0.05, 0.1) is 6.10 Å². The number of esters is 1. The molecule has 0 radical (unpaired) electrons.